The Kier molecular flexibility index (Phi) is 3.95. The number of rotatable bonds is 5. The summed E-state index contributed by atoms with van der Waals surface area (Å²) in [5, 5.41) is 0. The third kappa shape index (κ3) is 2.24. The van der Waals surface area contributed by atoms with E-state index in [-0.39, 0.29) is 0 Å². The fourth-order valence-corrected chi connectivity index (χ4v) is 1.49. The fourth-order valence-electron chi connectivity index (χ4n) is 1.49. The van der Waals surface area contributed by atoms with Crippen molar-refractivity contribution < 1.29 is 0 Å². The van der Waals surface area contributed by atoms with Crippen molar-refractivity contribution in [3.05, 3.63) is 54.6 Å². The summed E-state index contributed by atoms with van der Waals surface area (Å²) in [6.07, 6.45) is 5.39. The molecule has 0 aliphatic carbocycles. The molecule has 3 N–H and O–H groups in total. The number of anilines is 1. The van der Waals surface area contributed by atoms with Gasteiger partial charge in [-0.25, -0.2) is 0 Å². The minimum atomic E-state index is 0.824. The van der Waals surface area contributed by atoms with Crippen LogP contribution >= 0.6 is 0 Å². The summed E-state index contributed by atoms with van der Waals surface area (Å²) in [5.41, 5.74) is 6.07. The number of hydrazine groups is 1. The molecule has 1 aromatic rings. The molecule has 0 aromatic heterocycles. The Morgan fingerprint density at radius 1 is 1.14 bits per heavy atom. The molecular weight excluding hydrogens is 172 g/mol. The van der Waals surface area contributed by atoms with Crippen molar-refractivity contribution in [2.24, 2.45) is 5.84 Å². The van der Waals surface area contributed by atoms with Gasteiger partial charge in [-0.1, -0.05) is 30.4 Å². The first-order valence-electron chi connectivity index (χ1n) is 4.62. The van der Waals surface area contributed by atoms with Gasteiger partial charge in [0.25, 0.3) is 0 Å². The molecule has 0 amide bonds. The van der Waals surface area contributed by atoms with Crippen molar-refractivity contribution in [1.82, 2.24) is 0 Å². The van der Waals surface area contributed by atoms with Crippen LogP contribution in [-0.4, -0.2) is 0 Å². The maximum absolute atomic E-state index is 5.49. The molecule has 0 saturated heterocycles. The summed E-state index contributed by atoms with van der Waals surface area (Å²) in [7, 11) is 0. The Balaban J connectivity index is 3.09. The zero-order valence-corrected chi connectivity index (χ0v) is 8.29. The van der Waals surface area contributed by atoms with E-state index in [1.54, 1.807) is 0 Å². The highest BCUT2D eigenvalue weighted by Gasteiger charge is 2.03. The average molecular weight is 188 g/mol. The molecule has 14 heavy (non-hydrogen) atoms. The van der Waals surface area contributed by atoms with Crippen LogP contribution in [0.25, 0.3) is 0 Å². The summed E-state index contributed by atoms with van der Waals surface area (Å²) in [5.74, 6) is 5.49. The van der Waals surface area contributed by atoms with Crippen molar-refractivity contribution >= 4 is 5.69 Å². The van der Waals surface area contributed by atoms with Crippen LogP contribution in [0.15, 0.2) is 43.5 Å². The molecule has 1 rings (SSSR count). The zero-order valence-electron chi connectivity index (χ0n) is 8.29. The number of nitrogen functional groups attached to an aromatic ring is 1. The number of nitrogens with two attached hydrogens (primary N) is 1. The standard InChI is InChI=1S/C12H16N2/c1-3-6-10-8-5-9-11(7-4-2)12(10)14-13/h3-5,8-9,14H,1-2,6-7,13H2. The first kappa shape index (κ1) is 10.5. The highest BCUT2D eigenvalue weighted by atomic mass is 15.2. The Bertz CT molecular complexity index is 301. The Labute approximate surface area is 85.1 Å². The highest BCUT2D eigenvalue weighted by Crippen LogP contribution is 2.21. The SMILES string of the molecule is C=CCc1cccc(CC=C)c1NN. The van der Waals surface area contributed by atoms with E-state index in [9.17, 15) is 0 Å². The average Bonchev–Trinajstić information content (AvgIpc) is 2.19. The highest BCUT2D eigenvalue weighted by molar-refractivity contribution is 5.58. The van der Waals surface area contributed by atoms with Crippen molar-refractivity contribution in [3.8, 4) is 0 Å². The van der Waals surface area contributed by atoms with Gasteiger partial charge in [-0.2, -0.15) is 0 Å². The Morgan fingerprint density at radius 2 is 1.64 bits per heavy atom. The van der Waals surface area contributed by atoms with Gasteiger partial charge >= 0.3 is 0 Å². The lowest BCUT2D eigenvalue weighted by Gasteiger charge is -2.11. The van der Waals surface area contributed by atoms with Gasteiger partial charge in [0.2, 0.25) is 0 Å². The Hall–Kier alpha value is -1.54. The predicted molar refractivity (Wildman–Crippen MR) is 62.1 cm³/mol. The number of benzene rings is 1. The van der Waals surface area contributed by atoms with Crippen LogP contribution < -0.4 is 11.3 Å². The molecule has 74 valence electrons. The van der Waals surface area contributed by atoms with Crippen LogP contribution in [-0.2, 0) is 12.8 Å². The van der Waals surface area contributed by atoms with Crippen molar-refractivity contribution in [3.63, 3.8) is 0 Å². The molecule has 0 heterocycles. The van der Waals surface area contributed by atoms with Gasteiger partial charge in [0.1, 0.15) is 0 Å². The monoisotopic (exact) mass is 188 g/mol. The van der Waals surface area contributed by atoms with Crippen molar-refractivity contribution in [2.45, 2.75) is 12.8 Å². The van der Waals surface area contributed by atoms with E-state index in [0.717, 1.165) is 18.5 Å². The normalized spacial score (nSPS) is 9.50. The van der Waals surface area contributed by atoms with Gasteiger partial charge in [-0.15, -0.1) is 13.2 Å². The van der Waals surface area contributed by atoms with Crippen LogP contribution in [0.4, 0.5) is 5.69 Å². The molecule has 0 unspecified atom stereocenters. The summed E-state index contributed by atoms with van der Waals surface area (Å²) in [4.78, 5) is 0. The van der Waals surface area contributed by atoms with E-state index in [0.29, 0.717) is 0 Å². The van der Waals surface area contributed by atoms with E-state index in [2.05, 4.69) is 18.6 Å². The second-order valence-electron chi connectivity index (χ2n) is 3.08. The third-order valence-corrected chi connectivity index (χ3v) is 2.11. The molecule has 0 aliphatic heterocycles. The van der Waals surface area contributed by atoms with Crippen LogP contribution in [0.5, 0.6) is 0 Å². The number of para-hydroxylation sites is 1. The van der Waals surface area contributed by atoms with E-state index in [1.807, 2.05) is 30.4 Å². The number of hydrogen-bond acceptors (Lipinski definition) is 2. The minimum Gasteiger partial charge on any atom is -0.324 e. The summed E-state index contributed by atoms with van der Waals surface area (Å²) in [6.45, 7) is 7.44. The molecule has 0 fully saturated rings. The molecule has 0 saturated carbocycles. The van der Waals surface area contributed by atoms with E-state index >= 15 is 0 Å². The molecular formula is C12H16N2. The van der Waals surface area contributed by atoms with Gasteiger partial charge in [0.05, 0.1) is 5.69 Å². The first-order valence-corrected chi connectivity index (χ1v) is 4.62. The third-order valence-electron chi connectivity index (χ3n) is 2.11. The molecule has 2 nitrogen and oxygen atoms in total. The van der Waals surface area contributed by atoms with Crippen LogP contribution in [0.1, 0.15) is 11.1 Å². The van der Waals surface area contributed by atoms with E-state index in [1.165, 1.54) is 11.1 Å². The quantitative estimate of drug-likeness (QED) is 0.423. The lowest BCUT2D eigenvalue weighted by atomic mass is 10.0. The summed E-state index contributed by atoms with van der Waals surface area (Å²) < 4.78 is 0. The zero-order chi connectivity index (χ0) is 10.4. The maximum Gasteiger partial charge on any atom is 0.0555 e. The number of hydrogen-bond donors (Lipinski definition) is 2. The minimum absolute atomic E-state index is 0.824. The van der Waals surface area contributed by atoms with E-state index in [4.69, 9.17) is 5.84 Å². The smallest absolute Gasteiger partial charge is 0.0555 e. The van der Waals surface area contributed by atoms with Crippen molar-refractivity contribution in [2.75, 3.05) is 5.43 Å². The Morgan fingerprint density at radius 3 is 2.00 bits per heavy atom. The van der Waals surface area contributed by atoms with E-state index < -0.39 is 0 Å². The van der Waals surface area contributed by atoms with Crippen LogP contribution in [0.3, 0.4) is 0 Å². The summed E-state index contributed by atoms with van der Waals surface area (Å²) in [6, 6.07) is 6.12. The second-order valence-corrected chi connectivity index (χ2v) is 3.08. The molecule has 0 radical (unpaired) electrons. The number of allylic oxidation sites excluding steroid dienone is 2. The van der Waals surface area contributed by atoms with Gasteiger partial charge in [-0.3, -0.25) is 5.84 Å². The molecule has 0 bridgehead atoms. The van der Waals surface area contributed by atoms with Crippen LogP contribution in [0.2, 0.25) is 0 Å². The molecule has 0 spiro atoms. The number of nitrogens with one attached hydrogen (secondary N) is 1. The predicted octanol–water partition coefficient (Wildman–Crippen LogP) is 2.43. The van der Waals surface area contributed by atoms with Crippen LogP contribution in [0, 0.1) is 0 Å². The molecule has 2 heteroatoms. The second kappa shape index (κ2) is 5.25. The molecule has 0 atom stereocenters. The lowest BCUT2D eigenvalue weighted by Crippen LogP contribution is -2.11. The van der Waals surface area contributed by atoms with Gasteiger partial charge in [0, 0.05) is 0 Å². The van der Waals surface area contributed by atoms with Gasteiger partial charge < -0.3 is 5.43 Å². The molecule has 1 aromatic carbocycles. The van der Waals surface area contributed by atoms with Crippen molar-refractivity contribution in [1.29, 1.82) is 0 Å². The first-order chi connectivity index (χ1) is 6.83. The summed E-state index contributed by atoms with van der Waals surface area (Å²) >= 11 is 0. The lowest BCUT2D eigenvalue weighted by molar-refractivity contribution is 1.17. The fraction of sp³-hybridized carbons (Fsp3) is 0.167. The molecule has 0 aliphatic rings. The topological polar surface area (TPSA) is 38.0 Å². The largest absolute Gasteiger partial charge is 0.324 e. The van der Waals surface area contributed by atoms with Gasteiger partial charge in [-0.05, 0) is 24.0 Å². The maximum atomic E-state index is 5.49. The van der Waals surface area contributed by atoms with Gasteiger partial charge in [0.15, 0.2) is 0 Å².